The van der Waals surface area contributed by atoms with Crippen LogP contribution >= 0.6 is 0 Å². The lowest BCUT2D eigenvalue weighted by atomic mass is 10.0. The van der Waals surface area contributed by atoms with Gasteiger partial charge in [-0.25, -0.2) is 4.57 Å². The van der Waals surface area contributed by atoms with Crippen LogP contribution in [-0.4, -0.2) is 20.0 Å². The fraction of sp³-hybridized carbons (Fsp3) is 0.182. The van der Waals surface area contributed by atoms with Gasteiger partial charge in [-0.2, -0.15) is 0 Å². The largest absolute Gasteiger partial charge is 0.493 e. The predicted molar refractivity (Wildman–Crippen MR) is 99.9 cm³/mol. The van der Waals surface area contributed by atoms with Gasteiger partial charge in [-0.15, -0.1) is 0 Å². The minimum absolute atomic E-state index is 0.0278. The quantitative estimate of drug-likeness (QED) is 0.505. The van der Waals surface area contributed by atoms with Crippen molar-refractivity contribution >= 4 is 5.78 Å². The number of carbonyl (C=O) groups is 1. The van der Waals surface area contributed by atoms with Gasteiger partial charge in [0.25, 0.3) is 0 Å². The fourth-order valence-electron chi connectivity index (χ4n) is 2.86. The average molecular weight is 348 g/mol. The van der Waals surface area contributed by atoms with Gasteiger partial charge in [0.15, 0.2) is 36.2 Å². The minimum atomic E-state index is 0.0278. The SMILES string of the molecule is COc1cc(C)c(C[n+]2ccc(C(=O)c3ccccc3)cc2)cc1OC. The molecule has 3 aromatic rings. The molecule has 4 heteroatoms. The van der Waals surface area contributed by atoms with Crippen molar-refractivity contribution in [3.63, 3.8) is 0 Å². The Balaban J connectivity index is 1.81. The molecule has 0 fully saturated rings. The Hall–Kier alpha value is -3.14. The maximum Gasteiger partial charge on any atom is 0.193 e. The Morgan fingerprint density at radius 1 is 0.885 bits per heavy atom. The number of carbonyl (C=O) groups excluding carboxylic acids is 1. The first-order valence-corrected chi connectivity index (χ1v) is 8.42. The van der Waals surface area contributed by atoms with Gasteiger partial charge in [-0.05, 0) is 24.6 Å². The summed E-state index contributed by atoms with van der Waals surface area (Å²) >= 11 is 0. The van der Waals surface area contributed by atoms with E-state index >= 15 is 0 Å². The molecule has 0 aliphatic carbocycles. The van der Waals surface area contributed by atoms with Gasteiger partial charge >= 0.3 is 0 Å². The fourth-order valence-corrected chi connectivity index (χ4v) is 2.86. The molecule has 0 saturated heterocycles. The van der Waals surface area contributed by atoms with Crippen molar-refractivity contribution in [3.8, 4) is 11.5 Å². The standard InChI is InChI=1S/C22H22NO3/c1-16-13-20(25-2)21(26-3)14-19(16)15-23-11-9-18(10-12-23)22(24)17-7-5-4-6-8-17/h4-14H,15H2,1-3H3/q+1. The molecule has 0 radical (unpaired) electrons. The maximum atomic E-state index is 12.5. The van der Waals surface area contributed by atoms with Gasteiger partial charge in [0.2, 0.25) is 0 Å². The van der Waals surface area contributed by atoms with E-state index in [2.05, 4.69) is 0 Å². The zero-order chi connectivity index (χ0) is 18.5. The molecule has 3 rings (SSSR count). The van der Waals surface area contributed by atoms with Gasteiger partial charge in [0, 0.05) is 28.8 Å². The van der Waals surface area contributed by atoms with E-state index in [9.17, 15) is 4.79 Å². The second-order valence-electron chi connectivity index (χ2n) is 6.09. The Morgan fingerprint density at radius 3 is 2.08 bits per heavy atom. The van der Waals surface area contributed by atoms with Gasteiger partial charge in [0.1, 0.15) is 0 Å². The number of pyridine rings is 1. The molecule has 1 aromatic heterocycles. The third-order valence-electron chi connectivity index (χ3n) is 4.38. The molecule has 0 spiro atoms. The van der Waals surface area contributed by atoms with Crippen LogP contribution in [0.2, 0.25) is 0 Å². The van der Waals surface area contributed by atoms with Gasteiger partial charge < -0.3 is 9.47 Å². The summed E-state index contributed by atoms with van der Waals surface area (Å²) < 4.78 is 12.8. The van der Waals surface area contributed by atoms with Crippen molar-refractivity contribution in [2.24, 2.45) is 0 Å². The summed E-state index contributed by atoms with van der Waals surface area (Å²) in [5.41, 5.74) is 3.63. The second-order valence-corrected chi connectivity index (χ2v) is 6.09. The summed E-state index contributed by atoms with van der Waals surface area (Å²) in [5.74, 6) is 1.46. The number of benzene rings is 2. The molecule has 0 unspecified atom stereocenters. The van der Waals surface area contributed by atoms with Crippen LogP contribution < -0.4 is 14.0 Å². The van der Waals surface area contributed by atoms with Crippen LogP contribution in [0.15, 0.2) is 67.0 Å². The molecule has 26 heavy (non-hydrogen) atoms. The molecule has 4 nitrogen and oxygen atoms in total. The number of ketones is 1. The number of ether oxygens (including phenoxy) is 2. The number of aromatic nitrogens is 1. The van der Waals surface area contributed by atoms with E-state index in [1.54, 1.807) is 14.2 Å². The van der Waals surface area contributed by atoms with Crippen molar-refractivity contribution in [2.75, 3.05) is 14.2 Å². The zero-order valence-corrected chi connectivity index (χ0v) is 15.2. The lowest BCUT2D eigenvalue weighted by molar-refractivity contribution is -0.688. The zero-order valence-electron chi connectivity index (χ0n) is 15.2. The first-order chi connectivity index (χ1) is 12.6. The van der Waals surface area contributed by atoms with Crippen LogP contribution in [0.5, 0.6) is 11.5 Å². The highest BCUT2D eigenvalue weighted by atomic mass is 16.5. The highest BCUT2D eigenvalue weighted by Gasteiger charge is 2.14. The van der Waals surface area contributed by atoms with Crippen LogP contribution in [-0.2, 0) is 6.54 Å². The van der Waals surface area contributed by atoms with E-state index in [-0.39, 0.29) is 5.78 Å². The molecule has 0 aliphatic heterocycles. The van der Waals surface area contributed by atoms with Gasteiger partial charge in [-0.3, -0.25) is 4.79 Å². The van der Waals surface area contributed by atoms with Crippen LogP contribution in [0.25, 0.3) is 0 Å². The van der Waals surface area contributed by atoms with Crippen molar-refractivity contribution in [3.05, 3.63) is 89.2 Å². The Bertz CT molecular complexity index is 903. The van der Waals surface area contributed by atoms with Gasteiger partial charge in [-0.1, -0.05) is 30.3 Å². The second kappa shape index (κ2) is 7.83. The minimum Gasteiger partial charge on any atom is -0.493 e. The average Bonchev–Trinajstić information content (AvgIpc) is 2.69. The topological polar surface area (TPSA) is 39.4 Å². The summed E-state index contributed by atoms with van der Waals surface area (Å²) in [6.45, 7) is 2.73. The highest BCUT2D eigenvalue weighted by Crippen LogP contribution is 2.30. The van der Waals surface area contributed by atoms with E-state index in [1.165, 1.54) is 0 Å². The number of methoxy groups -OCH3 is 2. The van der Waals surface area contributed by atoms with Crippen LogP contribution in [0.4, 0.5) is 0 Å². The molecule has 0 atom stereocenters. The smallest absolute Gasteiger partial charge is 0.193 e. The van der Waals surface area contributed by atoms with E-state index in [4.69, 9.17) is 9.47 Å². The molecule has 0 aliphatic rings. The molecule has 0 saturated carbocycles. The number of hydrogen-bond acceptors (Lipinski definition) is 3. The third-order valence-corrected chi connectivity index (χ3v) is 4.38. The molecular weight excluding hydrogens is 326 g/mol. The lowest BCUT2D eigenvalue weighted by Gasteiger charge is -2.11. The summed E-state index contributed by atoms with van der Waals surface area (Å²) in [5, 5.41) is 0. The molecule has 1 heterocycles. The lowest BCUT2D eigenvalue weighted by Crippen LogP contribution is -2.33. The molecule has 132 valence electrons. The summed E-state index contributed by atoms with van der Waals surface area (Å²) in [6.07, 6.45) is 3.85. The number of rotatable bonds is 6. The van der Waals surface area contributed by atoms with Crippen molar-refractivity contribution in [2.45, 2.75) is 13.5 Å². The molecule has 0 bridgehead atoms. The van der Waals surface area contributed by atoms with Crippen LogP contribution in [0.3, 0.4) is 0 Å². The van der Waals surface area contributed by atoms with Crippen molar-refractivity contribution < 1.29 is 18.8 Å². The van der Waals surface area contributed by atoms with E-state index in [1.807, 2.05) is 78.5 Å². The first kappa shape index (κ1) is 17.7. The van der Waals surface area contributed by atoms with E-state index in [0.717, 1.165) is 16.9 Å². The van der Waals surface area contributed by atoms with Crippen LogP contribution in [0, 0.1) is 6.92 Å². The molecule has 0 amide bonds. The third kappa shape index (κ3) is 3.75. The highest BCUT2D eigenvalue weighted by molar-refractivity contribution is 6.08. The Labute approximate surface area is 153 Å². The van der Waals surface area contributed by atoms with Crippen molar-refractivity contribution in [1.82, 2.24) is 0 Å². The monoisotopic (exact) mass is 348 g/mol. The van der Waals surface area contributed by atoms with Gasteiger partial charge in [0.05, 0.1) is 14.2 Å². The number of nitrogens with zero attached hydrogens (tertiary/aromatic N) is 1. The van der Waals surface area contributed by atoms with Crippen LogP contribution in [0.1, 0.15) is 27.0 Å². The molecular formula is C22H22NO3+. The molecule has 2 aromatic carbocycles. The Morgan fingerprint density at radius 2 is 1.46 bits per heavy atom. The normalized spacial score (nSPS) is 10.4. The molecule has 0 N–H and O–H groups in total. The number of aryl methyl sites for hydroxylation is 1. The Kier molecular flexibility index (Phi) is 5.32. The van der Waals surface area contributed by atoms with E-state index < -0.39 is 0 Å². The van der Waals surface area contributed by atoms with E-state index in [0.29, 0.717) is 23.4 Å². The number of hydrogen-bond donors (Lipinski definition) is 0. The first-order valence-electron chi connectivity index (χ1n) is 8.42. The summed E-state index contributed by atoms with van der Waals surface area (Å²) in [6, 6.07) is 17.0. The summed E-state index contributed by atoms with van der Waals surface area (Å²) in [7, 11) is 3.27. The maximum absolute atomic E-state index is 12.5. The summed E-state index contributed by atoms with van der Waals surface area (Å²) in [4.78, 5) is 12.5. The predicted octanol–water partition coefficient (Wildman–Crippen LogP) is 3.58. The van der Waals surface area contributed by atoms with Crippen molar-refractivity contribution in [1.29, 1.82) is 0 Å².